The van der Waals surface area contributed by atoms with Gasteiger partial charge in [0.2, 0.25) is 11.8 Å². The molecule has 1 N–H and O–H groups in total. The lowest BCUT2D eigenvalue weighted by Crippen LogP contribution is -2.61. The first kappa shape index (κ1) is 15.3. The SMILES string of the molecule is CCC1(C(=O)N2CCNCC2C(=O)N(C)C)CCCC1. The fraction of sp³-hybridized carbons (Fsp3) is 0.867. The third-order valence-corrected chi connectivity index (χ3v) is 4.92. The quantitative estimate of drug-likeness (QED) is 0.834. The number of nitrogens with zero attached hydrogens (tertiary/aromatic N) is 2. The van der Waals surface area contributed by atoms with E-state index in [1.54, 1.807) is 19.0 Å². The molecule has 1 saturated carbocycles. The van der Waals surface area contributed by atoms with E-state index >= 15 is 0 Å². The fourth-order valence-corrected chi connectivity index (χ4v) is 3.54. The van der Waals surface area contributed by atoms with E-state index in [-0.39, 0.29) is 23.3 Å². The number of rotatable bonds is 3. The third-order valence-electron chi connectivity index (χ3n) is 4.92. The summed E-state index contributed by atoms with van der Waals surface area (Å²) in [6.07, 6.45) is 5.12. The summed E-state index contributed by atoms with van der Waals surface area (Å²) in [7, 11) is 3.51. The van der Waals surface area contributed by atoms with Gasteiger partial charge in [0.15, 0.2) is 0 Å². The lowest BCUT2D eigenvalue weighted by molar-refractivity contribution is -0.152. The topological polar surface area (TPSA) is 52.7 Å². The molecular formula is C15H27N3O2. The lowest BCUT2D eigenvalue weighted by Gasteiger charge is -2.41. The molecular weight excluding hydrogens is 254 g/mol. The number of amides is 2. The van der Waals surface area contributed by atoms with E-state index in [0.717, 1.165) is 38.6 Å². The molecule has 5 heteroatoms. The highest BCUT2D eigenvalue weighted by Gasteiger charge is 2.45. The maximum Gasteiger partial charge on any atom is 0.246 e. The second-order valence-corrected chi connectivity index (χ2v) is 6.29. The average molecular weight is 281 g/mol. The molecule has 2 aliphatic rings. The zero-order valence-corrected chi connectivity index (χ0v) is 12.9. The van der Waals surface area contributed by atoms with Crippen molar-refractivity contribution in [1.82, 2.24) is 15.1 Å². The molecule has 20 heavy (non-hydrogen) atoms. The molecule has 0 aromatic carbocycles. The summed E-state index contributed by atoms with van der Waals surface area (Å²) < 4.78 is 0. The predicted molar refractivity (Wildman–Crippen MR) is 78.3 cm³/mol. The van der Waals surface area contributed by atoms with E-state index in [4.69, 9.17) is 0 Å². The second-order valence-electron chi connectivity index (χ2n) is 6.29. The minimum absolute atomic E-state index is 0.0230. The van der Waals surface area contributed by atoms with Crippen molar-refractivity contribution < 1.29 is 9.59 Å². The maximum atomic E-state index is 13.0. The minimum atomic E-state index is -0.338. The van der Waals surface area contributed by atoms with Crippen molar-refractivity contribution in [3.05, 3.63) is 0 Å². The van der Waals surface area contributed by atoms with Gasteiger partial charge in [-0.3, -0.25) is 9.59 Å². The number of hydrogen-bond donors (Lipinski definition) is 1. The van der Waals surface area contributed by atoms with Crippen LogP contribution in [0.1, 0.15) is 39.0 Å². The summed E-state index contributed by atoms with van der Waals surface area (Å²) in [6.45, 7) is 4.10. The van der Waals surface area contributed by atoms with Gasteiger partial charge in [-0.05, 0) is 19.3 Å². The molecule has 1 saturated heterocycles. The van der Waals surface area contributed by atoms with Gasteiger partial charge in [0.05, 0.1) is 0 Å². The second kappa shape index (κ2) is 6.12. The first-order valence-electron chi connectivity index (χ1n) is 7.75. The Bertz CT molecular complexity index is 375. The summed E-state index contributed by atoms with van der Waals surface area (Å²) in [5.41, 5.74) is -0.206. The van der Waals surface area contributed by atoms with Crippen molar-refractivity contribution in [3.8, 4) is 0 Å². The molecule has 0 radical (unpaired) electrons. The number of likely N-dealkylation sites (N-methyl/N-ethyl adjacent to an activating group) is 1. The van der Waals surface area contributed by atoms with Gasteiger partial charge >= 0.3 is 0 Å². The van der Waals surface area contributed by atoms with Gasteiger partial charge in [-0.2, -0.15) is 0 Å². The molecule has 0 aromatic rings. The van der Waals surface area contributed by atoms with Crippen LogP contribution >= 0.6 is 0 Å². The molecule has 0 aromatic heterocycles. The fourth-order valence-electron chi connectivity index (χ4n) is 3.54. The number of hydrogen-bond acceptors (Lipinski definition) is 3. The predicted octanol–water partition coefficient (Wildman–Crippen LogP) is 0.845. The van der Waals surface area contributed by atoms with Gasteiger partial charge in [-0.15, -0.1) is 0 Å². The van der Waals surface area contributed by atoms with E-state index < -0.39 is 0 Å². The Labute approximate surface area is 121 Å². The maximum absolute atomic E-state index is 13.0. The Morgan fingerprint density at radius 2 is 1.95 bits per heavy atom. The Morgan fingerprint density at radius 1 is 1.30 bits per heavy atom. The van der Waals surface area contributed by atoms with Crippen molar-refractivity contribution >= 4 is 11.8 Å². The van der Waals surface area contributed by atoms with Gasteiger partial charge in [-0.25, -0.2) is 0 Å². The smallest absolute Gasteiger partial charge is 0.246 e. The van der Waals surface area contributed by atoms with Crippen molar-refractivity contribution in [1.29, 1.82) is 0 Å². The normalized spacial score (nSPS) is 25.6. The van der Waals surface area contributed by atoms with Gasteiger partial charge in [0.1, 0.15) is 6.04 Å². The molecule has 2 fully saturated rings. The highest BCUT2D eigenvalue weighted by atomic mass is 16.2. The Balaban J connectivity index is 2.19. The number of nitrogens with one attached hydrogen (secondary N) is 1. The molecule has 1 heterocycles. The molecule has 114 valence electrons. The van der Waals surface area contributed by atoms with E-state index in [1.165, 1.54) is 0 Å². The number of carbonyl (C=O) groups is 2. The standard InChI is InChI=1S/C15H27N3O2/c1-4-15(7-5-6-8-15)14(20)18-10-9-16-11-12(18)13(19)17(2)3/h12,16H,4-11H2,1-3H3. The van der Waals surface area contributed by atoms with Crippen LogP contribution in [0.3, 0.4) is 0 Å². The van der Waals surface area contributed by atoms with Crippen LogP contribution < -0.4 is 5.32 Å². The van der Waals surface area contributed by atoms with Gasteiger partial charge in [0, 0.05) is 39.1 Å². The highest BCUT2D eigenvalue weighted by molar-refractivity contribution is 5.90. The summed E-state index contributed by atoms with van der Waals surface area (Å²) in [5.74, 6) is 0.231. The van der Waals surface area contributed by atoms with Crippen LogP contribution in [0, 0.1) is 5.41 Å². The first-order valence-corrected chi connectivity index (χ1v) is 7.75. The van der Waals surface area contributed by atoms with Crippen LogP contribution in [0.4, 0.5) is 0 Å². The monoisotopic (exact) mass is 281 g/mol. The van der Waals surface area contributed by atoms with Crippen molar-refractivity contribution in [2.75, 3.05) is 33.7 Å². The Kier molecular flexibility index (Phi) is 4.68. The van der Waals surface area contributed by atoms with Gasteiger partial charge < -0.3 is 15.1 Å². The molecule has 0 bridgehead atoms. The van der Waals surface area contributed by atoms with Crippen LogP contribution in [-0.4, -0.2) is 61.4 Å². The van der Waals surface area contributed by atoms with Crippen LogP contribution in [0.25, 0.3) is 0 Å². The summed E-state index contributed by atoms with van der Waals surface area (Å²) >= 11 is 0. The summed E-state index contributed by atoms with van der Waals surface area (Å²) in [6, 6.07) is -0.338. The van der Waals surface area contributed by atoms with Crippen LogP contribution in [0.15, 0.2) is 0 Å². The molecule has 1 atom stereocenters. The van der Waals surface area contributed by atoms with E-state index in [0.29, 0.717) is 13.1 Å². The number of carbonyl (C=O) groups excluding carboxylic acids is 2. The van der Waals surface area contributed by atoms with Crippen molar-refractivity contribution in [2.45, 2.75) is 45.1 Å². The van der Waals surface area contributed by atoms with E-state index in [9.17, 15) is 9.59 Å². The van der Waals surface area contributed by atoms with Gasteiger partial charge in [0.25, 0.3) is 0 Å². The Hall–Kier alpha value is -1.10. The molecule has 2 amide bonds. The summed E-state index contributed by atoms with van der Waals surface area (Å²) in [5, 5.41) is 3.24. The van der Waals surface area contributed by atoms with Crippen LogP contribution in [0.5, 0.6) is 0 Å². The lowest BCUT2D eigenvalue weighted by atomic mass is 9.81. The molecule has 2 rings (SSSR count). The highest BCUT2D eigenvalue weighted by Crippen LogP contribution is 2.43. The number of piperazine rings is 1. The largest absolute Gasteiger partial charge is 0.347 e. The van der Waals surface area contributed by atoms with Gasteiger partial charge in [-0.1, -0.05) is 19.8 Å². The average Bonchev–Trinajstić information content (AvgIpc) is 2.95. The third kappa shape index (κ3) is 2.68. The van der Waals surface area contributed by atoms with Crippen LogP contribution in [0.2, 0.25) is 0 Å². The van der Waals surface area contributed by atoms with E-state index in [2.05, 4.69) is 12.2 Å². The molecule has 1 aliphatic heterocycles. The molecule has 1 aliphatic carbocycles. The Morgan fingerprint density at radius 3 is 2.50 bits per heavy atom. The minimum Gasteiger partial charge on any atom is -0.347 e. The van der Waals surface area contributed by atoms with Crippen LogP contribution in [-0.2, 0) is 9.59 Å². The first-order chi connectivity index (χ1) is 9.52. The van der Waals surface area contributed by atoms with Crippen molar-refractivity contribution in [2.24, 2.45) is 5.41 Å². The zero-order valence-electron chi connectivity index (χ0n) is 12.9. The zero-order chi connectivity index (χ0) is 14.8. The summed E-state index contributed by atoms with van der Waals surface area (Å²) in [4.78, 5) is 28.8. The van der Waals surface area contributed by atoms with Crippen molar-refractivity contribution in [3.63, 3.8) is 0 Å². The molecule has 0 spiro atoms. The molecule has 5 nitrogen and oxygen atoms in total. The van der Waals surface area contributed by atoms with E-state index in [1.807, 2.05) is 4.90 Å². The molecule has 1 unspecified atom stereocenters.